The van der Waals surface area contributed by atoms with Gasteiger partial charge in [-0.05, 0) is 18.4 Å². The number of hydrogen-bond donors (Lipinski definition) is 1. The number of piperazine rings is 1. The van der Waals surface area contributed by atoms with E-state index in [-0.39, 0.29) is 5.78 Å². The zero-order valence-corrected chi connectivity index (χ0v) is 9.72. The van der Waals surface area contributed by atoms with Crippen LogP contribution in [0.2, 0.25) is 0 Å². The molecule has 0 aliphatic carbocycles. The number of ketones is 1. The van der Waals surface area contributed by atoms with Gasteiger partial charge in [0.25, 0.3) is 0 Å². The Morgan fingerprint density at radius 2 is 2.60 bits per heavy atom. The highest BCUT2D eigenvalue weighted by Crippen LogP contribution is 2.10. The number of nitrogens with one attached hydrogen (secondary N) is 1. The molecule has 1 aliphatic rings. The Morgan fingerprint density at radius 3 is 3.27 bits per heavy atom. The largest absolute Gasteiger partial charge is 0.312 e. The minimum absolute atomic E-state index is 0.249. The fourth-order valence-corrected chi connectivity index (χ4v) is 2.53. The fraction of sp³-hybridized carbons (Fsp3) is 0.545. The molecule has 0 radical (unpaired) electrons. The van der Waals surface area contributed by atoms with Gasteiger partial charge in [0.2, 0.25) is 0 Å². The van der Waals surface area contributed by atoms with Crippen molar-refractivity contribution < 1.29 is 4.79 Å². The predicted molar refractivity (Wildman–Crippen MR) is 62.6 cm³/mol. The molecule has 1 aliphatic heterocycles. The maximum absolute atomic E-state index is 11.8. The lowest BCUT2D eigenvalue weighted by Crippen LogP contribution is -2.50. The van der Waals surface area contributed by atoms with Crippen molar-refractivity contribution in [3.05, 3.63) is 22.4 Å². The zero-order chi connectivity index (χ0) is 10.7. The summed E-state index contributed by atoms with van der Waals surface area (Å²) in [6.07, 6.45) is 0. The molecule has 1 atom stereocenters. The van der Waals surface area contributed by atoms with Crippen LogP contribution in [0.4, 0.5) is 0 Å². The van der Waals surface area contributed by atoms with Gasteiger partial charge in [0.1, 0.15) is 0 Å². The monoisotopic (exact) mass is 224 g/mol. The van der Waals surface area contributed by atoms with Crippen LogP contribution in [0.15, 0.2) is 17.5 Å². The van der Waals surface area contributed by atoms with Gasteiger partial charge in [-0.15, -0.1) is 11.3 Å². The lowest BCUT2D eigenvalue weighted by Gasteiger charge is -2.31. The Morgan fingerprint density at radius 1 is 1.73 bits per heavy atom. The summed E-state index contributed by atoms with van der Waals surface area (Å²) in [5.41, 5.74) is 0. The van der Waals surface area contributed by atoms with Gasteiger partial charge in [-0.25, -0.2) is 0 Å². The third-order valence-corrected chi connectivity index (χ3v) is 3.53. The van der Waals surface area contributed by atoms with E-state index in [1.165, 1.54) is 11.3 Å². The first-order chi connectivity index (χ1) is 7.25. The number of hydrogen-bond acceptors (Lipinski definition) is 4. The maximum Gasteiger partial charge on any atom is 0.186 e. The molecule has 3 nitrogen and oxygen atoms in total. The molecule has 0 aromatic carbocycles. The van der Waals surface area contributed by atoms with Gasteiger partial charge in [-0.2, -0.15) is 0 Å². The van der Waals surface area contributed by atoms with E-state index in [2.05, 4.69) is 17.1 Å². The van der Waals surface area contributed by atoms with Gasteiger partial charge >= 0.3 is 0 Å². The lowest BCUT2D eigenvalue weighted by atomic mass is 10.2. The van der Waals surface area contributed by atoms with Crippen molar-refractivity contribution >= 4 is 17.1 Å². The van der Waals surface area contributed by atoms with Crippen LogP contribution in [0.25, 0.3) is 0 Å². The second-order valence-electron chi connectivity index (χ2n) is 3.99. The van der Waals surface area contributed by atoms with Crippen molar-refractivity contribution in [1.82, 2.24) is 10.2 Å². The third kappa shape index (κ3) is 2.87. The van der Waals surface area contributed by atoms with Gasteiger partial charge in [0.05, 0.1) is 11.4 Å². The summed E-state index contributed by atoms with van der Waals surface area (Å²) in [4.78, 5) is 14.9. The van der Waals surface area contributed by atoms with Crippen LogP contribution >= 0.6 is 11.3 Å². The molecular formula is C11H16N2OS. The van der Waals surface area contributed by atoms with Crippen molar-refractivity contribution in [1.29, 1.82) is 0 Å². The van der Waals surface area contributed by atoms with Crippen LogP contribution < -0.4 is 5.32 Å². The van der Waals surface area contributed by atoms with E-state index in [0.29, 0.717) is 12.6 Å². The molecule has 0 amide bonds. The maximum atomic E-state index is 11.8. The molecular weight excluding hydrogens is 208 g/mol. The minimum Gasteiger partial charge on any atom is -0.312 e. The predicted octanol–water partition coefficient (Wildman–Crippen LogP) is 1.22. The summed E-state index contributed by atoms with van der Waals surface area (Å²) in [5.74, 6) is 0.249. The van der Waals surface area contributed by atoms with Gasteiger partial charge in [0.15, 0.2) is 5.78 Å². The third-order valence-electron chi connectivity index (χ3n) is 2.62. The molecule has 0 spiro atoms. The first-order valence-corrected chi connectivity index (χ1v) is 6.16. The van der Waals surface area contributed by atoms with Crippen molar-refractivity contribution in [2.45, 2.75) is 13.0 Å². The fourth-order valence-electron chi connectivity index (χ4n) is 1.87. The average Bonchev–Trinajstić information content (AvgIpc) is 2.70. The first-order valence-electron chi connectivity index (χ1n) is 5.28. The highest BCUT2D eigenvalue weighted by molar-refractivity contribution is 7.12. The van der Waals surface area contributed by atoms with Gasteiger partial charge in [0, 0.05) is 25.7 Å². The summed E-state index contributed by atoms with van der Waals surface area (Å²) in [6, 6.07) is 4.33. The highest BCUT2D eigenvalue weighted by Gasteiger charge is 2.18. The number of rotatable bonds is 3. The van der Waals surface area contributed by atoms with Crippen LogP contribution in [0.5, 0.6) is 0 Å². The lowest BCUT2D eigenvalue weighted by molar-refractivity contribution is 0.0912. The molecule has 0 unspecified atom stereocenters. The summed E-state index contributed by atoms with van der Waals surface area (Å²) >= 11 is 1.53. The number of Topliss-reactive ketones (excluding diaryl/α,β-unsaturated/α-hetero) is 1. The minimum atomic E-state index is 0.249. The average molecular weight is 224 g/mol. The van der Waals surface area contributed by atoms with Crippen LogP contribution in [-0.2, 0) is 0 Å². The van der Waals surface area contributed by atoms with Gasteiger partial charge < -0.3 is 5.32 Å². The van der Waals surface area contributed by atoms with E-state index in [4.69, 9.17) is 0 Å². The molecule has 82 valence electrons. The second-order valence-corrected chi connectivity index (χ2v) is 4.94. The number of carbonyl (C=O) groups is 1. The Hall–Kier alpha value is -0.710. The summed E-state index contributed by atoms with van der Waals surface area (Å²) in [7, 11) is 0. The zero-order valence-electron chi connectivity index (χ0n) is 8.90. The standard InChI is InChI=1S/C11H16N2OS/c1-9-7-13(5-4-12-9)8-10(14)11-3-2-6-15-11/h2-3,6,9,12H,4-5,7-8H2,1H3/t9-/m1/s1. The summed E-state index contributed by atoms with van der Waals surface area (Å²) < 4.78 is 0. The van der Waals surface area contributed by atoms with Crippen LogP contribution in [0.1, 0.15) is 16.6 Å². The summed E-state index contributed by atoms with van der Waals surface area (Å²) in [5, 5.41) is 5.32. The Labute approximate surface area is 94.1 Å². The smallest absolute Gasteiger partial charge is 0.186 e. The van der Waals surface area contributed by atoms with E-state index in [0.717, 1.165) is 24.5 Å². The van der Waals surface area contributed by atoms with Gasteiger partial charge in [-0.1, -0.05) is 6.07 Å². The molecule has 4 heteroatoms. The van der Waals surface area contributed by atoms with E-state index in [9.17, 15) is 4.79 Å². The summed E-state index contributed by atoms with van der Waals surface area (Å²) in [6.45, 7) is 5.64. The van der Waals surface area contributed by atoms with Crippen LogP contribution in [0.3, 0.4) is 0 Å². The van der Waals surface area contributed by atoms with E-state index >= 15 is 0 Å². The number of nitrogens with zero attached hydrogens (tertiary/aromatic N) is 1. The Kier molecular flexibility index (Phi) is 3.51. The first kappa shape index (κ1) is 10.8. The molecule has 15 heavy (non-hydrogen) atoms. The van der Waals surface area contributed by atoms with E-state index in [1.807, 2.05) is 17.5 Å². The molecule has 2 rings (SSSR count). The van der Waals surface area contributed by atoms with E-state index in [1.54, 1.807) is 0 Å². The van der Waals surface area contributed by atoms with Crippen molar-refractivity contribution in [3.63, 3.8) is 0 Å². The molecule has 2 heterocycles. The molecule has 1 aromatic rings. The molecule has 0 bridgehead atoms. The van der Waals surface area contributed by atoms with Crippen molar-refractivity contribution in [3.8, 4) is 0 Å². The van der Waals surface area contributed by atoms with Crippen molar-refractivity contribution in [2.24, 2.45) is 0 Å². The molecule has 1 N–H and O–H groups in total. The van der Waals surface area contributed by atoms with Crippen LogP contribution in [-0.4, -0.2) is 42.9 Å². The highest BCUT2D eigenvalue weighted by atomic mass is 32.1. The molecule has 1 saturated heterocycles. The van der Waals surface area contributed by atoms with Crippen molar-refractivity contribution in [2.75, 3.05) is 26.2 Å². The van der Waals surface area contributed by atoms with E-state index < -0.39 is 0 Å². The van der Waals surface area contributed by atoms with Gasteiger partial charge in [-0.3, -0.25) is 9.69 Å². The normalized spacial score (nSPS) is 22.9. The molecule has 0 saturated carbocycles. The molecule has 1 aromatic heterocycles. The SMILES string of the molecule is C[C@@H]1CN(CC(=O)c2cccs2)CCN1. The Bertz CT molecular complexity index is 323. The number of thiophene rings is 1. The van der Waals surface area contributed by atoms with Crippen LogP contribution in [0, 0.1) is 0 Å². The topological polar surface area (TPSA) is 32.3 Å². The second kappa shape index (κ2) is 4.88. The molecule has 1 fully saturated rings. The quantitative estimate of drug-likeness (QED) is 0.784. The number of carbonyl (C=O) groups excluding carboxylic acids is 1. The Balaban J connectivity index is 1.89.